The molecule has 0 spiro atoms. The molecule has 0 aliphatic rings. The highest BCUT2D eigenvalue weighted by atomic mass is 16.5. The summed E-state index contributed by atoms with van der Waals surface area (Å²) in [6.07, 6.45) is 0.248. The number of fused-ring (bicyclic) bond motifs is 1. The number of nitrogens with two attached hydrogens (primary N) is 1. The Bertz CT molecular complexity index is 885. The maximum atomic E-state index is 10.6. The molecular weight excluding hydrogens is 324 g/mol. The molecule has 3 aromatic heterocycles. The van der Waals surface area contributed by atoms with E-state index in [2.05, 4.69) is 30.6 Å². The molecule has 0 fully saturated rings. The second-order valence-electron chi connectivity index (χ2n) is 6.48. The van der Waals surface area contributed by atoms with Crippen molar-refractivity contribution in [3.63, 3.8) is 0 Å². The number of aliphatic hydroxyl groups excluding tert-OH is 1. The summed E-state index contributed by atoms with van der Waals surface area (Å²) < 4.78 is 6.97. The molecule has 0 aromatic carbocycles. The molecule has 10 nitrogen and oxygen atoms in total. The van der Waals surface area contributed by atoms with Gasteiger partial charge in [0.1, 0.15) is 23.7 Å². The number of methoxy groups -OCH3 is 1. The first kappa shape index (κ1) is 17.1. The number of aliphatic hydroxyl groups is 1. The van der Waals surface area contributed by atoms with Gasteiger partial charge in [-0.2, -0.15) is 10.2 Å². The van der Waals surface area contributed by atoms with Crippen molar-refractivity contribution in [2.75, 3.05) is 24.8 Å². The van der Waals surface area contributed by atoms with Gasteiger partial charge >= 0.3 is 0 Å². The number of ether oxygens (including phenoxy) is 1. The number of anilines is 2. The average molecular weight is 346 g/mol. The summed E-state index contributed by atoms with van der Waals surface area (Å²) >= 11 is 0. The normalized spacial score (nSPS) is 13.3. The Hall–Kier alpha value is -2.72. The van der Waals surface area contributed by atoms with Crippen molar-refractivity contribution in [3.8, 4) is 0 Å². The summed E-state index contributed by atoms with van der Waals surface area (Å²) in [5, 5.41) is 25.4. The summed E-state index contributed by atoms with van der Waals surface area (Å²) in [6, 6.07) is 1.77. The van der Waals surface area contributed by atoms with Gasteiger partial charge in [0.2, 0.25) is 0 Å². The smallest absolute Gasteiger partial charge is 0.171 e. The molecule has 0 aliphatic heterocycles. The number of aromatic nitrogens is 6. The van der Waals surface area contributed by atoms with Gasteiger partial charge in [-0.05, 0) is 20.8 Å². The van der Waals surface area contributed by atoms with Gasteiger partial charge in [0.05, 0.1) is 17.5 Å². The van der Waals surface area contributed by atoms with Crippen molar-refractivity contribution in [1.29, 1.82) is 0 Å². The fourth-order valence-electron chi connectivity index (χ4n) is 2.73. The molecule has 10 heteroatoms. The van der Waals surface area contributed by atoms with E-state index in [0.717, 1.165) is 5.69 Å². The van der Waals surface area contributed by atoms with E-state index in [9.17, 15) is 5.11 Å². The molecule has 0 radical (unpaired) electrons. The van der Waals surface area contributed by atoms with Crippen LogP contribution in [0.15, 0.2) is 12.4 Å². The third-order valence-electron chi connectivity index (χ3n) is 3.84. The van der Waals surface area contributed by atoms with E-state index in [1.54, 1.807) is 17.9 Å². The van der Waals surface area contributed by atoms with Gasteiger partial charge in [-0.3, -0.25) is 5.10 Å². The Kier molecular flexibility index (Phi) is 4.31. The van der Waals surface area contributed by atoms with E-state index in [0.29, 0.717) is 29.2 Å². The zero-order valence-electron chi connectivity index (χ0n) is 14.6. The van der Waals surface area contributed by atoms with Crippen LogP contribution in [0.3, 0.4) is 0 Å². The van der Waals surface area contributed by atoms with Crippen LogP contribution >= 0.6 is 0 Å². The van der Waals surface area contributed by atoms with Crippen molar-refractivity contribution in [2.24, 2.45) is 0 Å². The van der Waals surface area contributed by atoms with Crippen LogP contribution in [0.2, 0.25) is 0 Å². The molecule has 0 bridgehead atoms. The second-order valence-corrected chi connectivity index (χ2v) is 6.48. The van der Waals surface area contributed by atoms with Crippen LogP contribution in [0.25, 0.3) is 11.0 Å². The lowest BCUT2D eigenvalue weighted by molar-refractivity contribution is 0.102. The van der Waals surface area contributed by atoms with Gasteiger partial charge in [0, 0.05) is 18.9 Å². The van der Waals surface area contributed by atoms with Gasteiger partial charge in [-0.15, -0.1) is 0 Å². The molecule has 25 heavy (non-hydrogen) atoms. The Labute approximate surface area is 144 Å². The molecule has 1 unspecified atom stereocenters. The Morgan fingerprint density at radius 3 is 2.84 bits per heavy atom. The average Bonchev–Trinajstić information content (AvgIpc) is 3.12. The highest BCUT2D eigenvalue weighted by Crippen LogP contribution is 2.30. The lowest BCUT2D eigenvalue weighted by Gasteiger charge is -2.24. The summed E-state index contributed by atoms with van der Waals surface area (Å²) in [4.78, 5) is 8.32. The largest absolute Gasteiger partial charge is 0.383 e. The van der Waals surface area contributed by atoms with Crippen molar-refractivity contribution in [3.05, 3.63) is 23.8 Å². The van der Waals surface area contributed by atoms with Crippen LogP contribution in [0, 0.1) is 6.92 Å². The number of nitrogen functional groups attached to an aromatic ring is 1. The highest BCUT2D eigenvalue weighted by Gasteiger charge is 2.29. The van der Waals surface area contributed by atoms with E-state index >= 15 is 0 Å². The molecule has 0 saturated carbocycles. The van der Waals surface area contributed by atoms with E-state index in [-0.39, 0.29) is 5.82 Å². The van der Waals surface area contributed by atoms with Gasteiger partial charge in [0.25, 0.3) is 0 Å². The molecule has 134 valence electrons. The lowest BCUT2D eigenvalue weighted by atomic mass is 10.1. The summed E-state index contributed by atoms with van der Waals surface area (Å²) in [5.74, 6) is 0.748. The third-order valence-corrected chi connectivity index (χ3v) is 3.84. The quantitative estimate of drug-likeness (QED) is 0.483. The Morgan fingerprint density at radius 2 is 2.20 bits per heavy atom. The first-order valence-corrected chi connectivity index (χ1v) is 7.78. The molecular formula is C15H22N8O2. The highest BCUT2D eigenvalue weighted by molar-refractivity contribution is 5.88. The molecule has 0 amide bonds. The fourth-order valence-corrected chi connectivity index (χ4v) is 2.73. The van der Waals surface area contributed by atoms with Crippen LogP contribution in [0.1, 0.15) is 31.5 Å². The first-order valence-electron chi connectivity index (χ1n) is 7.78. The number of H-pyrrole nitrogens is 1. The minimum Gasteiger partial charge on any atom is -0.383 e. The maximum Gasteiger partial charge on any atom is 0.171 e. The molecule has 0 aliphatic carbocycles. The van der Waals surface area contributed by atoms with Crippen LogP contribution in [-0.2, 0) is 10.3 Å². The van der Waals surface area contributed by atoms with E-state index in [1.165, 1.54) is 6.33 Å². The van der Waals surface area contributed by atoms with Gasteiger partial charge < -0.3 is 20.9 Å². The SMILES string of the molecule is COCC(C)(C)n1nc(C(O)Nc2cc(C)[nH]n2)c2c(N)ncnc21. The standard InChI is InChI=1S/C15H22N8O2/c1-8-5-9(21-20-8)19-14(24)11-10-12(16)17-7-18-13(10)23(22-11)15(2,3)6-25-4/h5,7,14,24H,6H2,1-4H3,(H2,16,17,18)(H2,19,20,21). The minimum absolute atomic E-state index is 0.249. The summed E-state index contributed by atoms with van der Waals surface area (Å²) in [5.41, 5.74) is 7.27. The van der Waals surface area contributed by atoms with E-state index in [4.69, 9.17) is 10.5 Å². The zero-order valence-corrected chi connectivity index (χ0v) is 14.6. The number of nitrogens with zero attached hydrogens (tertiary/aromatic N) is 5. The molecule has 3 rings (SSSR count). The summed E-state index contributed by atoms with van der Waals surface area (Å²) in [6.45, 7) is 6.20. The first-order chi connectivity index (χ1) is 11.8. The number of nitrogens with one attached hydrogen (secondary N) is 2. The molecule has 1 atom stereocenters. The number of rotatable bonds is 6. The molecule has 0 saturated heterocycles. The van der Waals surface area contributed by atoms with Gasteiger partial charge in [-0.1, -0.05) is 0 Å². The van der Waals surface area contributed by atoms with Gasteiger partial charge in [0.15, 0.2) is 11.9 Å². The number of hydrogen-bond donors (Lipinski definition) is 4. The van der Waals surface area contributed by atoms with Crippen LogP contribution < -0.4 is 11.1 Å². The Morgan fingerprint density at radius 1 is 1.44 bits per heavy atom. The lowest BCUT2D eigenvalue weighted by Crippen LogP contribution is -2.33. The number of aryl methyl sites for hydroxylation is 1. The second kappa shape index (κ2) is 6.30. The van der Waals surface area contributed by atoms with Crippen molar-refractivity contribution >= 4 is 22.7 Å². The van der Waals surface area contributed by atoms with E-state index < -0.39 is 11.8 Å². The third kappa shape index (κ3) is 3.13. The fraction of sp³-hybridized carbons (Fsp3) is 0.467. The molecule has 3 aromatic rings. The number of aromatic amines is 1. The minimum atomic E-state index is -1.13. The molecule has 3 heterocycles. The predicted molar refractivity (Wildman–Crippen MR) is 92.8 cm³/mol. The monoisotopic (exact) mass is 346 g/mol. The predicted octanol–water partition coefficient (Wildman–Crippen LogP) is 0.925. The maximum absolute atomic E-state index is 10.6. The van der Waals surface area contributed by atoms with Crippen molar-refractivity contribution in [1.82, 2.24) is 29.9 Å². The zero-order chi connectivity index (χ0) is 18.2. The number of hydrogen-bond acceptors (Lipinski definition) is 8. The molecule has 5 N–H and O–H groups in total. The van der Waals surface area contributed by atoms with Crippen molar-refractivity contribution < 1.29 is 9.84 Å². The summed E-state index contributed by atoms with van der Waals surface area (Å²) in [7, 11) is 1.62. The van der Waals surface area contributed by atoms with Crippen LogP contribution in [-0.4, -0.2) is 48.8 Å². The van der Waals surface area contributed by atoms with Crippen LogP contribution in [0.4, 0.5) is 11.6 Å². The van der Waals surface area contributed by atoms with E-state index in [1.807, 2.05) is 20.8 Å². The van der Waals surface area contributed by atoms with Gasteiger partial charge in [-0.25, -0.2) is 14.6 Å². The van der Waals surface area contributed by atoms with Crippen LogP contribution in [0.5, 0.6) is 0 Å². The Balaban J connectivity index is 2.08. The topological polar surface area (TPSA) is 140 Å². The van der Waals surface area contributed by atoms with Crippen molar-refractivity contribution in [2.45, 2.75) is 32.5 Å².